The van der Waals surface area contributed by atoms with Crippen LogP contribution in [0.5, 0.6) is 0 Å². The molecule has 0 bridgehead atoms. The number of rotatable bonds is 8. The molecule has 0 unspecified atom stereocenters. The Labute approximate surface area is 237 Å². The Morgan fingerprint density at radius 2 is 1.50 bits per heavy atom. The number of ether oxygens (including phenoxy) is 1. The highest BCUT2D eigenvalue weighted by atomic mass is 16.6. The van der Waals surface area contributed by atoms with Gasteiger partial charge in [-0.05, 0) is 70.2 Å². The van der Waals surface area contributed by atoms with Gasteiger partial charge in [-0.1, -0.05) is 12.1 Å². The molecule has 10 nitrogen and oxygen atoms in total. The van der Waals surface area contributed by atoms with Crippen LogP contribution in [0.1, 0.15) is 38.8 Å². The molecule has 2 aromatic heterocycles. The number of carbonyl (C=O) groups is 3. The summed E-state index contributed by atoms with van der Waals surface area (Å²) in [5.41, 5.74) is 1.31. The van der Waals surface area contributed by atoms with E-state index in [-0.39, 0.29) is 17.9 Å². The summed E-state index contributed by atoms with van der Waals surface area (Å²) < 4.78 is 5.34. The van der Waals surface area contributed by atoms with Crippen molar-refractivity contribution in [3.8, 4) is 0 Å². The molecule has 10 heteroatoms. The highest BCUT2D eigenvalue weighted by Gasteiger charge is 2.26. The van der Waals surface area contributed by atoms with Crippen LogP contribution < -0.4 is 5.32 Å². The van der Waals surface area contributed by atoms with Gasteiger partial charge in [0.25, 0.3) is 0 Å². The monoisotopic (exact) mass is 550 g/mol. The summed E-state index contributed by atoms with van der Waals surface area (Å²) in [6.45, 7) is 11.7. The number of pyridine rings is 2. The average Bonchev–Trinajstić information content (AvgIpc) is 2.96. The van der Waals surface area contributed by atoms with Crippen molar-refractivity contribution >= 4 is 30.1 Å². The lowest BCUT2D eigenvalue weighted by atomic mass is 10.2. The van der Waals surface area contributed by atoms with Crippen molar-refractivity contribution in [3.05, 3.63) is 72.3 Å². The van der Waals surface area contributed by atoms with Crippen LogP contribution in [0.2, 0.25) is 0 Å². The van der Waals surface area contributed by atoms with Gasteiger partial charge in [-0.3, -0.25) is 19.6 Å². The van der Waals surface area contributed by atoms with E-state index in [4.69, 9.17) is 4.74 Å². The minimum absolute atomic E-state index is 0.0339. The molecule has 216 valence electrons. The van der Waals surface area contributed by atoms with E-state index in [0.29, 0.717) is 26.2 Å². The molecule has 1 fully saturated rings. The molecule has 1 aliphatic rings. The van der Waals surface area contributed by atoms with Gasteiger partial charge in [-0.2, -0.15) is 0 Å². The molecule has 0 spiro atoms. The van der Waals surface area contributed by atoms with E-state index in [1.165, 1.54) is 0 Å². The SMILES string of the molecule is CC(C)(C)OC(=O)N1CCN(C(=O)/C=C/c2cccnc2)CC1.CCN(CCNC)C(=O)/C=C/c1cccnc1. The van der Waals surface area contributed by atoms with Gasteiger partial charge in [0.05, 0.1) is 0 Å². The van der Waals surface area contributed by atoms with Crippen molar-refractivity contribution in [1.82, 2.24) is 30.0 Å². The topological polar surface area (TPSA) is 108 Å². The maximum absolute atomic E-state index is 12.2. The molecule has 3 amide bonds. The Bertz CT molecular complexity index is 1110. The summed E-state index contributed by atoms with van der Waals surface area (Å²) in [7, 11) is 1.88. The van der Waals surface area contributed by atoms with Crippen LogP contribution >= 0.6 is 0 Å². The zero-order chi connectivity index (χ0) is 29.4. The first kappa shape index (κ1) is 32.2. The molecule has 1 saturated heterocycles. The summed E-state index contributed by atoms with van der Waals surface area (Å²) in [5.74, 6) is -0.0238. The third-order valence-corrected chi connectivity index (χ3v) is 5.77. The summed E-state index contributed by atoms with van der Waals surface area (Å²) in [4.78, 5) is 49.1. The minimum Gasteiger partial charge on any atom is -0.444 e. The zero-order valence-corrected chi connectivity index (χ0v) is 24.2. The molecule has 3 rings (SSSR count). The normalized spacial score (nSPS) is 13.6. The van der Waals surface area contributed by atoms with Gasteiger partial charge in [-0.15, -0.1) is 0 Å². The van der Waals surface area contributed by atoms with Gasteiger partial charge in [0.15, 0.2) is 0 Å². The molecular weight excluding hydrogens is 508 g/mol. The molecule has 1 N–H and O–H groups in total. The Hall–Kier alpha value is -4.05. The van der Waals surface area contributed by atoms with E-state index >= 15 is 0 Å². The second kappa shape index (κ2) is 16.8. The fraction of sp³-hybridized carbons (Fsp3) is 0.433. The smallest absolute Gasteiger partial charge is 0.410 e. The van der Waals surface area contributed by atoms with Crippen LogP contribution in [0.3, 0.4) is 0 Å². The van der Waals surface area contributed by atoms with Crippen LogP contribution in [0, 0.1) is 0 Å². The molecule has 0 atom stereocenters. The van der Waals surface area contributed by atoms with E-state index in [1.807, 2.05) is 59.0 Å². The number of amides is 3. The Balaban J connectivity index is 0.000000294. The molecule has 0 saturated carbocycles. The van der Waals surface area contributed by atoms with Crippen molar-refractivity contribution in [2.75, 3.05) is 52.9 Å². The molecule has 0 radical (unpaired) electrons. The van der Waals surface area contributed by atoms with Crippen molar-refractivity contribution in [2.45, 2.75) is 33.3 Å². The van der Waals surface area contributed by atoms with Gasteiger partial charge in [-0.25, -0.2) is 4.79 Å². The van der Waals surface area contributed by atoms with E-state index in [9.17, 15) is 14.4 Å². The summed E-state index contributed by atoms with van der Waals surface area (Å²) in [5, 5.41) is 3.03. The largest absolute Gasteiger partial charge is 0.444 e. The van der Waals surface area contributed by atoms with Crippen molar-refractivity contribution in [2.24, 2.45) is 0 Å². The van der Waals surface area contributed by atoms with Crippen LogP contribution in [0.15, 0.2) is 61.2 Å². The predicted octanol–water partition coefficient (Wildman–Crippen LogP) is 3.34. The number of hydrogen-bond acceptors (Lipinski definition) is 7. The highest BCUT2D eigenvalue weighted by molar-refractivity contribution is 5.92. The van der Waals surface area contributed by atoms with Gasteiger partial charge in [0, 0.05) is 82.8 Å². The maximum atomic E-state index is 12.2. The lowest BCUT2D eigenvalue weighted by molar-refractivity contribution is -0.127. The van der Waals surface area contributed by atoms with Crippen molar-refractivity contribution in [1.29, 1.82) is 0 Å². The number of likely N-dealkylation sites (N-methyl/N-ethyl adjacent to an activating group) is 2. The number of aromatic nitrogens is 2. The second-order valence-corrected chi connectivity index (χ2v) is 10.1. The van der Waals surface area contributed by atoms with Crippen molar-refractivity contribution < 1.29 is 19.1 Å². The number of nitrogens with zero attached hydrogens (tertiary/aromatic N) is 5. The first-order chi connectivity index (χ1) is 19.1. The molecule has 1 aliphatic heterocycles. The molecule has 2 aromatic rings. The Morgan fingerprint density at radius 1 is 0.950 bits per heavy atom. The molecular formula is C30H42N6O4. The summed E-state index contributed by atoms with van der Waals surface area (Å²) >= 11 is 0. The number of nitrogens with one attached hydrogen (secondary N) is 1. The maximum Gasteiger partial charge on any atom is 0.410 e. The number of carbonyl (C=O) groups excluding carboxylic acids is 3. The highest BCUT2D eigenvalue weighted by Crippen LogP contribution is 2.12. The third kappa shape index (κ3) is 12.2. The van der Waals surface area contributed by atoms with Gasteiger partial charge >= 0.3 is 6.09 Å². The molecule has 40 heavy (non-hydrogen) atoms. The van der Waals surface area contributed by atoms with Gasteiger partial charge in [0.2, 0.25) is 11.8 Å². The summed E-state index contributed by atoms with van der Waals surface area (Å²) in [6, 6.07) is 7.48. The Morgan fingerprint density at radius 3 is 1.98 bits per heavy atom. The van der Waals surface area contributed by atoms with Crippen LogP contribution in [0.4, 0.5) is 4.79 Å². The fourth-order valence-electron chi connectivity index (χ4n) is 3.60. The molecule has 0 aliphatic carbocycles. The van der Waals surface area contributed by atoms with E-state index < -0.39 is 5.60 Å². The van der Waals surface area contributed by atoms with E-state index in [1.54, 1.807) is 63.8 Å². The first-order valence-electron chi connectivity index (χ1n) is 13.5. The van der Waals surface area contributed by atoms with Gasteiger partial charge in [0.1, 0.15) is 5.60 Å². The zero-order valence-electron chi connectivity index (χ0n) is 24.2. The van der Waals surface area contributed by atoms with Crippen molar-refractivity contribution in [3.63, 3.8) is 0 Å². The number of hydrogen-bond donors (Lipinski definition) is 1. The summed E-state index contributed by atoms with van der Waals surface area (Å²) in [6.07, 6.45) is 13.2. The van der Waals surface area contributed by atoms with Crippen LogP contribution in [-0.2, 0) is 14.3 Å². The quantitative estimate of drug-likeness (QED) is 0.502. The fourth-order valence-corrected chi connectivity index (χ4v) is 3.60. The van der Waals surface area contributed by atoms with Crippen LogP contribution in [-0.4, -0.2) is 101 Å². The van der Waals surface area contributed by atoms with E-state index in [2.05, 4.69) is 15.3 Å². The first-order valence-corrected chi connectivity index (χ1v) is 13.5. The minimum atomic E-state index is -0.503. The Kier molecular flexibility index (Phi) is 13.5. The van der Waals surface area contributed by atoms with Gasteiger partial charge < -0.3 is 24.8 Å². The van der Waals surface area contributed by atoms with Crippen LogP contribution in [0.25, 0.3) is 12.2 Å². The number of piperazine rings is 1. The average molecular weight is 551 g/mol. The third-order valence-electron chi connectivity index (χ3n) is 5.77. The lowest BCUT2D eigenvalue weighted by Crippen LogP contribution is -2.51. The standard InChI is InChI=1S/C17H23N3O3.C13H19N3O/c1-17(2,3)23-16(22)20-11-9-19(10-12-20)15(21)7-6-14-5-4-8-18-13-14;1-3-16(10-9-14-2)13(17)7-6-12-5-4-8-15-11-12/h4-8,13H,9-12H2,1-3H3;4-8,11,14H,3,9-10H2,1-2H3/b2*7-6+. The molecule has 3 heterocycles. The lowest BCUT2D eigenvalue weighted by Gasteiger charge is -2.35. The molecule has 0 aromatic carbocycles. The van der Waals surface area contributed by atoms with E-state index in [0.717, 1.165) is 30.8 Å². The second-order valence-electron chi connectivity index (χ2n) is 10.1. The predicted molar refractivity (Wildman–Crippen MR) is 157 cm³/mol.